The van der Waals surface area contributed by atoms with Gasteiger partial charge in [-0.05, 0) is 56.2 Å². The smallest absolute Gasteiger partial charge is 0.243 e. The van der Waals surface area contributed by atoms with Crippen molar-refractivity contribution in [2.45, 2.75) is 29.8 Å². The molecule has 1 aromatic heterocycles. The standard InChI is InChI=1S/C23H27N5O4S2/c1-3-32-20-9-5-4-8-19(20)24-21(29)16-33-23-26-25-22(27(23)2)17-10-12-18(13-11-17)34(30,31)28-14-6-7-15-28/h4-5,8-13H,3,6-7,14-16H2,1-2H3,(H,24,29). The summed E-state index contributed by atoms with van der Waals surface area (Å²) in [5, 5.41) is 11.9. The Kier molecular flexibility index (Phi) is 7.54. The largest absolute Gasteiger partial charge is 0.492 e. The van der Waals surface area contributed by atoms with Gasteiger partial charge in [-0.15, -0.1) is 10.2 Å². The quantitative estimate of drug-likeness (QED) is 0.448. The molecule has 0 aliphatic carbocycles. The monoisotopic (exact) mass is 501 g/mol. The van der Waals surface area contributed by atoms with E-state index in [4.69, 9.17) is 4.74 Å². The molecule has 2 aromatic carbocycles. The number of anilines is 1. The third kappa shape index (κ3) is 5.26. The molecule has 2 heterocycles. The van der Waals surface area contributed by atoms with E-state index < -0.39 is 10.0 Å². The third-order valence-corrected chi connectivity index (χ3v) is 8.38. The second kappa shape index (κ2) is 10.6. The average Bonchev–Trinajstić information content (AvgIpc) is 3.50. The fraction of sp³-hybridized carbons (Fsp3) is 0.348. The molecule has 1 aliphatic rings. The van der Waals surface area contributed by atoms with Gasteiger partial charge in [0.25, 0.3) is 0 Å². The second-order valence-corrected chi connectivity index (χ2v) is 10.6. The van der Waals surface area contributed by atoms with Crippen molar-refractivity contribution < 1.29 is 17.9 Å². The van der Waals surface area contributed by atoms with Crippen LogP contribution in [0.25, 0.3) is 11.4 Å². The molecule has 34 heavy (non-hydrogen) atoms. The van der Waals surface area contributed by atoms with Crippen molar-refractivity contribution >= 4 is 33.4 Å². The average molecular weight is 502 g/mol. The molecule has 4 rings (SSSR count). The first kappa shape index (κ1) is 24.2. The van der Waals surface area contributed by atoms with Crippen molar-refractivity contribution in [1.82, 2.24) is 19.1 Å². The van der Waals surface area contributed by atoms with Gasteiger partial charge >= 0.3 is 0 Å². The Hall–Kier alpha value is -2.89. The summed E-state index contributed by atoms with van der Waals surface area (Å²) >= 11 is 1.27. The summed E-state index contributed by atoms with van der Waals surface area (Å²) in [5.74, 6) is 1.19. The minimum Gasteiger partial charge on any atom is -0.492 e. The van der Waals surface area contributed by atoms with Crippen molar-refractivity contribution in [3.8, 4) is 17.1 Å². The van der Waals surface area contributed by atoms with Gasteiger partial charge in [-0.1, -0.05) is 23.9 Å². The Balaban J connectivity index is 1.41. The number of hydrogen-bond acceptors (Lipinski definition) is 7. The molecule has 1 saturated heterocycles. The summed E-state index contributed by atoms with van der Waals surface area (Å²) in [5.41, 5.74) is 1.37. The number of benzene rings is 2. The highest BCUT2D eigenvalue weighted by molar-refractivity contribution is 7.99. The molecule has 0 unspecified atom stereocenters. The van der Waals surface area contributed by atoms with Crippen LogP contribution in [0.5, 0.6) is 5.75 Å². The highest BCUT2D eigenvalue weighted by Crippen LogP contribution is 2.27. The summed E-state index contributed by atoms with van der Waals surface area (Å²) in [6.45, 7) is 3.53. The van der Waals surface area contributed by atoms with Crippen LogP contribution in [0.1, 0.15) is 19.8 Å². The zero-order valence-corrected chi connectivity index (χ0v) is 20.7. The van der Waals surface area contributed by atoms with Gasteiger partial charge in [0.05, 0.1) is 22.9 Å². The third-order valence-electron chi connectivity index (χ3n) is 5.44. The van der Waals surface area contributed by atoms with Gasteiger partial charge in [-0.3, -0.25) is 4.79 Å². The number of nitrogens with zero attached hydrogens (tertiary/aromatic N) is 4. The summed E-state index contributed by atoms with van der Waals surface area (Å²) < 4.78 is 34.3. The maximum Gasteiger partial charge on any atom is 0.243 e. The fourth-order valence-electron chi connectivity index (χ4n) is 3.71. The zero-order valence-electron chi connectivity index (χ0n) is 19.1. The predicted molar refractivity (Wildman–Crippen MR) is 131 cm³/mol. The molecule has 3 aromatic rings. The van der Waals surface area contributed by atoms with Crippen LogP contribution < -0.4 is 10.1 Å². The number of sulfonamides is 1. The summed E-state index contributed by atoms with van der Waals surface area (Å²) in [7, 11) is -1.65. The highest BCUT2D eigenvalue weighted by Gasteiger charge is 2.27. The normalized spacial score (nSPS) is 14.3. The van der Waals surface area contributed by atoms with E-state index in [1.54, 1.807) is 34.9 Å². The number of hydrogen-bond donors (Lipinski definition) is 1. The molecule has 180 valence electrons. The topological polar surface area (TPSA) is 106 Å². The molecule has 1 aliphatic heterocycles. The van der Waals surface area contributed by atoms with Crippen molar-refractivity contribution in [3.63, 3.8) is 0 Å². The van der Waals surface area contributed by atoms with Gasteiger partial charge < -0.3 is 14.6 Å². The number of rotatable bonds is 9. The minimum absolute atomic E-state index is 0.152. The fourth-order valence-corrected chi connectivity index (χ4v) is 5.94. The Morgan fingerprint density at radius 2 is 1.79 bits per heavy atom. The van der Waals surface area contributed by atoms with Gasteiger partial charge in [-0.2, -0.15) is 4.31 Å². The zero-order chi connectivity index (χ0) is 24.1. The van der Waals surface area contributed by atoms with E-state index in [0.29, 0.717) is 42.1 Å². The molecule has 1 fully saturated rings. The van der Waals surface area contributed by atoms with Crippen LogP contribution in [0.4, 0.5) is 5.69 Å². The SMILES string of the molecule is CCOc1ccccc1NC(=O)CSc1nnc(-c2ccc(S(=O)(=O)N3CCCC3)cc2)n1C. The van der Waals surface area contributed by atoms with E-state index >= 15 is 0 Å². The van der Waals surface area contributed by atoms with Crippen LogP contribution in [0.2, 0.25) is 0 Å². The molecule has 9 nitrogen and oxygen atoms in total. The Morgan fingerprint density at radius 3 is 2.50 bits per heavy atom. The van der Waals surface area contributed by atoms with Crippen molar-refractivity contribution in [3.05, 3.63) is 48.5 Å². The number of thioether (sulfide) groups is 1. The van der Waals surface area contributed by atoms with Gasteiger partial charge in [0.2, 0.25) is 15.9 Å². The first-order valence-corrected chi connectivity index (χ1v) is 13.5. The van der Waals surface area contributed by atoms with E-state index in [1.807, 2.05) is 32.2 Å². The molecule has 1 N–H and O–H groups in total. The van der Waals surface area contributed by atoms with E-state index in [-0.39, 0.29) is 16.6 Å². The Labute approximate surface area is 203 Å². The van der Waals surface area contributed by atoms with E-state index in [1.165, 1.54) is 16.1 Å². The first-order valence-electron chi connectivity index (χ1n) is 11.0. The maximum atomic E-state index is 12.7. The summed E-state index contributed by atoms with van der Waals surface area (Å²) in [6.07, 6.45) is 1.79. The number of ether oxygens (including phenoxy) is 1. The lowest BCUT2D eigenvalue weighted by Gasteiger charge is -2.15. The lowest BCUT2D eigenvalue weighted by Crippen LogP contribution is -2.27. The van der Waals surface area contributed by atoms with Crippen LogP contribution in [0.15, 0.2) is 58.6 Å². The molecule has 0 atom stereocenters. The Morgan fingerprint density at radius 1 is 1.09 bits per heavy atom. The number of carbonyl (C=O) groups is 1. The molecular formula is C23H27N5O4S2. The number of para-hydroxylation sites is 2. The van der Waals surface area contributed by atoms with Gasteiger partial charge in [0, 0.05) is 25.7 Å². The number of carbonyl (C=O) groups excluding carboxylic acids is 1. The van der Waals surface area contributed by atoms with E-state index in [9.17, 15) is 13.2 Å². The summed E-state index contributed by atoms with van der Waals surface area (Å²) in [6, 6.07) is 14.0. The maximum absolute atomic E-state index is 12.7. The molecule has 0 saturated carbocycles. The van der Waals surface area contributed by atoms with E-state index in [2.05, 4.69) is 15.5 Å². The number of amides is 1. The minimum atomic E-state index is -3.46. The number of nitrogens with one attached hydrogen (secondary N) is 1. The summed E-state index contributed by atoms with van der Waals surface area (Å²) in [4.78, 5) is 12.7. The molecule has 0 bridgehead atoms. The second-order valence-electron chi connectivity index (χ2n) is 7.77. The van der Waals surface area contributed by atoms with Crippen molar-refractivity contribution in [2.24, 2.45) is 7.05 Å². The van der Waals surface area contributed by atoms with Crippen molar-refractivity contribution in [2.75, 3.05) is 30.8 Å². The van der Waals surface area contributed by atoms with Crippen LogP contribution in [0.3, 0.4) is 0 Å². The van der Waals surface area contributed by atoms with Gasteiger partial charge in [0.1, 0.15) is 5.75 Å². The van der Waals surface area contributed by atoms with Gasteiger partial charge in [-0.25, -0.2) is 8.42 Å². The van der Waals surface area contributed by atoms with Crippen LogP contribution >= 0.6 is 11.8 Å². The molecule has 0 spiro atoms. The Bertz CT molecular complexity index is 1250. The predicted octanol–water partition coefficient (Wildman–Crippen LogP) is 3.40. The highest BCUT2D eigenvalue weighted by atomic mass is 32.2. The lowest BCUT2D eigenvalue weighted by molar-refractivity contribution is -0.113. The lowest BCUT2D eigenvalue weighted by atomic mass is 10.2. The van der Waals surface area contributed by atoms with Crippen LogP contribution in [-0.2, 0) is 21.9 Å². The van der Waals surface area contributed by atoms with Crippen LogP contribution in [-0.4, -0.2) is 58.8 Å². The molecule has 1 amide bonds. The van der Waals surface area contributed by atoms with Crippen LogP contribution in [0, 0.1) is 0 Å². The molecule has 11 heteroatoms. The molecular weight excluding hydrogens is 474 g/mol. The number of aromatic nitrogens is 3. The molecule has 0 radical (unpaired) electrons. The van der Waals surface area contributed by atoms with E-state index in [0.717, 1.165) is 18.4 Å². The first-order chi connectivity index (χ1) is 16.4. The van der Waals surface area contributed by atoms with Gasteiger partial charge in [0.15, 0.2) is 11.0 Å². The van der Waals surface area contributed by atoms with Crippen molar-refractivity contribution in [1.29, 1.82) is 0 Å².